The van der Waals surface area contributed by atoms with Crippen LogP contribution in [0.1, 0.15) is 28.7 Å². The smallest absolute Gasteiger partial charge is 0.350 e. The number of carbonyl (C=O) groups is 2. The number of anilines is 1. The number of aryl methyl sites for hydroxylation is 1. The van der Waals surface area contributed by atoms with Gasteiger partial charge >= 0.3 is 5.97 Å². The molecule has 1 fully saturated rings. The maximum atomic E-state index is 12.0. The number of rotatable bonds is 3. The van der Waals surface area contributed by atoms with Crippen molar-refractivity contribution in [1.82, 2.24) is 4.98 Å². The van der Waals surface area contributed by atoms with Crippen molar-refractivity contribution in [3.8, 4) is 0 Å². The highest BCUT2D eigenvalue weighted by Crippen LogP contribution is 2.64. The second kappa shape index (κ2) is 4.61. The van der Waals surface area contributed by atoms with Gasteiger partial charge in [-0.25, -0.2) is 9.78 Å². The first-order chi connectivity index (χ1) is 8.71. The third kappa shape index (κ3) is 2.44. The van der Waals surface area contributed by atoms with E-state index < -0.39 is 15.7 Å². The van der Waals surface area contributed by atoms with Crippen molar-refractivity contribution in [2.45, 2.75) is 24.6 Å². The molecule has 1 heterocycles. The molecule has 104 valence electrons. The maximum absolute atomic E-state index is 12.0. The molecule has 19 heavy (non-hydrogen) atoms. The zero-order chi connectivity index (χ0) is 14.4. The molecular formula is C11H12Cl2N2O3S. The number of esters is 1. The van der Waals surface area contributed by atoms with Crippen LogP contribution in [0.3, 0.4) is 0 Å². The molecule has 8 heteroatoms. The average Bonchev–Trinajstić information content (AvgIpc) is 2.67. The number of methoxy groups -OCH3 is 1. The van der Waals surface area contributed by atoms with E-state index in [1.807, 2.05) is 0 Å². The SMILES string of the molecule is COC(=O)c1sc(NC(=O)C2(C)CC2(Cl)Cl)nc1C. The molecule has 0 aliphatic heterocycles. The summed E-state index contributed by atoms with van der Waals surface area (Å²) < 4.78 is 3.59. The van der Waals surface area contributed by atoms with Gasteiger partial charge in [0.1, 0.15) is 9.21 Å². The van der Waals surface area contributed by atoms with Crippen LogP contribution in [-0.2, 0) is 9.53 Å². The highest BCUT2D eigenvalue weighted by molar-refractivity contribution is 7.17. The molecule has 1 atom stereocenters. The Morgan fingerprint density at radius 1 is 1.47 bits per heavy atom. The fourth-order valence-electron chi connectivity index (χ4n) is 1.61. The molecule has 1 aromatic heterocycles. The van der Waals surface area contributed by atoms with Crippen LogP contribution in [0.5, 0.6) is 0 Å². The highest BCUT2D eigenvalue weighted by Gasteiger charge is 2.68. The van der Waals surface area contributed by atoms with Gasteiger partial charge in [0.2, 0.25) is 5.91 Å². The summed E-state index contributed by atoms with van der Waals surface area (Å²) in [6.07, 6.45) is 0.392. The first-order valence-corrected chi connectivity index (χ1v) is 7.03. The maximum Gasteiger partial charge on any atom is 0.350 e. The number of thiazole rings is 1. The average molecular weight is 323 g/mol. The zero-order valence-corrected chi connectivity index (χ0v) is 12.9. The van der Waals surface area contributed by atoms with Gasteiger partial charge in [-0.2, -0.15) is 0 Å². The number of alkyl halides is 2. The molecule has 0 saturated heterocycles. The summed E-state index contributed by atoms with van der Waals surface area (Å²) in [5, 5.41) is 2.97. The van der Waals surface area contributed by atoms with Gasteiger partial charge in [-0.1, -0.05) is 11.3 Å². The van der Waals surface area contributed by atoms with Gasteiger partial charge < -0.3 is 10.1 Å². The van der Waals surface area contributed by atoms with Gasteiger partial charge in [0.25, 0.3) is 0 Å². The Labute approximate surface area is 124 Å². The van der Waals surface area contributed by atoms with Crippen molar-refractivity contribution in [2.75, 3.05) is 12.4 Å². The van der Waals surface area contributed by atoms with Gasteiger partial charge in [0, 0.05) is 0 Å². The predicted molar refractivity (Wildman–Crippen MR) is 74.0 cm³/mol. The van der Waals surface area contributed by atoms with Crippen molar-refractivity contribution in [3.63, 3.8) is 0 Å². The molecule has 2 rings (SSSR count). The van der Waals surface area contributed by atoms with E-state index in [9.17, 15) is 9.59 Å². The Morgan fingerprint density at radius 3 is 2.53 bits per heavy atom. The van der Waals surface area contributed by atoms with Crippen LogP contribution in [0.2, 0.25) is 0 Å². The Kier molecular flexibility index (Phi) is 3.53. The molecule has 0 aromatic carbocycles. The van der Waals surface area contributed by atoms with Crippen LogP contribution in [0.25, 0.3) is 0 Å². The van der Waals surface area contributed by atoms with Crippen molar-refractivity contribution in [3.05, 3.63) is 10.6 Å². The van der Waals surface area contributed by atoms with Gasteiger partial charge in [0.15, 0.2) is 5.13 Å². The van der Waals surface area contributed by atoms with E-state index in [1.54, 1.807) is 13.8 Å². The molecule has 1 aromatic rings. The molecule has 1 unspecified atom stereocenters. The summed E-state index contributed by atoms with van der Waals surface area (Å²) in [7, 11) is 1.29. The lowest BCUT2D eigenvalue weighted by molar-refractivity contribution is -0.120. The van der Waals surface area contributed by atoms with Crippen molar-refractivity contribution >= 4 is 51.5 Å². The number of nitrogens with one attached hydrogen (secondary N) is 1. The van der Waals surface area contributed by atoms with Crippen LogP contribution in [-0.4, -0.2) is 28.3 Å². The number of hydrogen-bond donors (Lipinski definition) is 1. The van der Waals surface area contributed by atoms with Crippen LogP contribution >= 0.6 is 34.5 Å². The number of halogens is 2. The number of aromatic nitrogens is 1. The molecule has 0 spiro atoms. The van der Waals surface area contributed by atoms with Crippen LogP contribution in [0.4, 0.5) is 5.13 Å². The first kappa shape index (κ1) is 14.6. The standard InChI is InChI=1S/C11H12Cl2N2O3S/c1-5-6(7(16)18-3)19-9(14-5)15-8(17)10(2)4-11(10,12)13/h4H2,1-3H3,(H,14,15,17). The van der Waals surface area contributed by atoms with Gasteiger partial charge in [-0.15, -0.1) is 23.2 Å². The Balaban J connectivity index is 2.13. The Morgan fingerprint density at radius 2 is 2.05 bits per heavy atom. The first-order valence-electron chi connectivity index (χ1n) is 5.46. The molecule has 1 saturated carbocycles. The molecule has 1 aliphatic rings. The molecule has 1 N–H and O–H groups in total. The minimum atomic E-state index is -1.03. The van der Waals surface area contributed by atoms with E-state index in [0.29, 0.717) is 22.1 Å². The summed E-state index contributed by atoms with van der Waals surface area (Å²) >= 11 is 12.9. The van der Waals surface area contributed by atoms with E-state index in [-0.39, 0.29) is 5.91 Å². The summed E-state index contributed by atoms with van der Waals surface area (Å²) in [5.41, 5.74) is -0.308. The summed E-state index contributed by atoms with van der Waals surface area (Å²) in [6, 6.07) is 0. The molecule has 0 radical (unpaired) electrons. The minimum absolute atomic E-state index is 0.303. The molecule has 5 nitrogen and oxygen atoms in total. The number of nitrogens with zero attached hydrogens (tertiary/aromatic N) is 1. The Bertz CT molecular complexity index is 558. The lowest BCUT2D eigenvalue weighted by Crippen LogP contribution is -2.25. The summed E-state index contributed by atoms with van der Waals surface area (Å²) in [5.74, 6) is -0.778. The quantitative estimate of drug-likeness (QED) is 0.686. The lowest BCUT2D eigenvalue weighted by atomic mass is 10.1. The van der Waals surface area contributed by atoms with E-state index >= 15 is 0 Å². The van der Waals surface area contributed by atoms with E-state index in [0.717, 1.165) is 11.3 Å². The van der Waals surface area contributed by atoms with Crippen molar-refractivity contribution < 1.29 is 14.3 Å². The Hall–Kier alpha value is -0.850. The van der Waals surface area contributed by atoms with Gasteiger partial charge in [-0.05, 0) is 20.3 Å². The van der Waals surface area contributed by atoms with E-state index in [1.165, 1.54) is 7.11 Å². The van der Waals surface area contributed by atoms with Crippen molar-refractivity contribution in [2.24, 2.45) is 5.41 Å². The number of carbonyl (C=O) groups excluding carboxylic acids is 2. The van der Waals surface area contributed by atoms with Crippen LogP contribution in [0.15, 0.2) is 0 Å². The number of ether oxygens (including phenoxy) is 1. The van der Waals surface area contributed by atoms with Gasteiger partial charge in [0.05, 0.1) is 18.2 Å². The second-order valence-corrected chi connectivity index (χ2v) is 7.08. The largest absolute Gasteiger partial charge is 0.465 e. The molecule has 1 amide bonds. The van der Waals surface area contributed by atoms with E-state index in [2.05, 4.69) is 15.0 Å². The summed E-state index contributed by atoms with van der Waals surface area (Å²) in [6.45, 7) is 3.36. The minimum Gasteiger partial charge on any atom is -0.465 e. The fraction of sp³-hybridized carbons (Fsp3) is 0.545. The number of amides is 1. The lowest BCUT2D eigenvalue weighted by Gasteiger charge is -2.10. The monoisotopic (exact) mass is 322 g/mol. The second-order valence-electron chi connectivity index (χ2n) is 4.59. The van der Waals surface area contributed by atoms with Crippen LogP contribution < -0.4 is 5.32 Å². The highest BCUT2D eigenvalue weighted by atomic mass is 35.5. The topological polar surface area (TPSA) is 68.3 Å². The fourth-order valence-corrected chi connectivity index (χ4v) is 3.20. The number of hydrogen-bond acceptors (Lipinski definition) is 5. The molecule has 0 bridgehead atoms. The summed E-state index contributed by atoms with van der Waals surface area (Å²) in [4.78, 5) is 28.0. The normalized spacial score (nSPS) is 23.8. The third-order valence-corrected chi connectivity index (χ3v) is 5.30. The predicted octanol–water partition coefficient (Wildman–Crippen LogP) is 2.76. The third-order valence-electron chi connectivity index (χ3n) is 3.15. The van der Waals surface area contributed by atoms with Crippen molar-refractivity contribution in [1.29, 1.82) is 0 Å². The zero-order valence-electron chi connectivity index (χ0n) is 10.5. The molecular weight excluding hydrogens is 311 g/mol. The van der Waals surface area contributed by atoms with E-state index in [4.69, 9.17) is 23.2 Å². The molecule has 1 aliphatic carbocycles. The van der Waals surface area contributed by atoms with Crippen LogP contribution in [0, 0.1) is 12.3 Å². The van der Waals surface area contributed by atoms with Gasteiger partial charge in [-0.3, -0.25) is 4.79 Å².